The van der Waals surface area contributed by atoms with Gasteiger partial charge >= 0.3 is 5.97 Å². The Hall–Kier alpha value is -3.64. The Morgan fingerprint density at radius 2 is 1.60 bits per heavy atom. The van der Waals surface area contributed by atoms with Gasteiger partial charge in [0.15, 0.2) is 0 Å². The van der Waals surface area contributed by atoms with Crippen LogP contribution in [0, 0.1) is 0 Å². The lowest BCUT2D eigenvalue weighted by Crippen LogP contribution is -2.29. The normalized spacial score (nSPS) is 11.8. The van der Waals surface area contributed by atoms with Gasteiger partial charge in [-0.15, -0.1) is 11.3 Å². The predicted octanol–water partition coefficient (Wildman–Crippen LogP) is 4.91. The fourth-order valence-corrected chi connectivity index (χ4v) is 4.25. The first kappa shape index (κ1) is 19.7. The third-order valence-corrected chi connectivity index (χ3v) is 5.93. The molecule has 0 fully saturated rings. The van der Waals surface area contributed by atoms with E-state index >= 15 is 0 Å². The number of phenols is 1. The first-order valence-electron chi connectivity index (χ1n) is 9.33. The first-order valence-corrected chi connectivity index (χ1v) is 10.1. The summed E-state index contributed by atoms with van der Waals surface area (Å²) in [6, 6.07) is 23.3. The van der Waals surface area contributed by atoms with Crippen molar-refractivity contribution in [3.8, 4) is 5.75 Å². The van der Waals surface area contributed by atoms with Crippen LogP contribution in [0.25, 0.3) is 10.8 Å². The number of carbonyl (C=O) groups excluding carboxylic acids is 2. The maximum absolute atomic E-state index is 13.0. The molecule has 150 valence electrons. The second kappa shape index (κ2) is 8.39. The highest BCUT2D eigenvalue weighted by Gasteiger charge is 2.24. The van der Waals surface area contributed by atoms with Gasteiger partial charge in [0.1, 0.15) is 10.6 Å². The van der Waals surface area contributed by atoms with Gasteiger partial charge in [-0.3, -0.25) is 4.79 Å². The summed E-state index contributed by atoms with van der Waals surface area (Å²) in [5, 5.41) is 15.6. The van der Waals surface area contributed by atoms with Gasteiger partial charge < -0.3 is 15.2 Å². The number of phenolic OH excluding ortho intramolecular Hbond substituents is 1. The van der Waals surface area contributed by atoms with E-state index in [1.54, 1.807) is 18.2 Å². The highest BCUT2D eigenvalue weighted by molar-refractivity contribution is 7.15. The smallest absolute Gasteiger partial charge is 0.348 e. The zero-order chi connectivity index (χ0) is 21.1. The van der Waals surface area contributed by atoms with Crippen LogP contribution in [0.4, 0.5) is 0 Å². The molecule has 1 amide bonds. The quantitative estimate of drug-likeness (QED) is 0.452. The van der Waals surface area contributed by atoms with Crippen molar-refractivity contribution in [1.29, 1.82) is 0 Å². The fraction of sp³-hybridized carbons (Fsp3) is 0.0833. The lowest BCUT2D eigenvalue weighted by Gasteiger charge is -2.22. The monoisotopic (exact) mass is 417 g/mol. The minimum Gasteiger partial charge on any atom is -0.508 e. The number of rotatable bonds is 5. The van der Waals surface area contributed by atoms with Crippen molar-refractivity contribution in [2.24, 2.45) is 0 Å². The summed E-state index contributed by atoms with van der Waals surface area (Å²) >= 11 is 1.06. The molecule has 6 heteroatoms. The van der Waals surface area contributed by atoms with E-state index in [-0.39, 0.29) is 11.7 Å². The van der Waals surface area contributed by atoms with Crippen molar-refractivity contribution in [2.75, 3.05) is 7.11 Å². The van der Waals surface area contributed by atoms with Crippen LogP contribution in [0.2, 0.25) is 0 Å². The van der Waals surface area contributed by atoms with Crippen LogP contribution in [0.1, 0.15) is 36.5 Å². The van der Waals surface area contributed by atoms with Crippen LogP contribution < -0.4 is 5.32 Å². The van der Waals surface area contributed by atoms with E-state index in [1.807, 2.05) is 60.7 Å². The van der Waals surface area contributed by atoms with Gasteiger partial charge in [-0.25, -0.2) is 4.79 Å². The number of carbonyl (C=O) groups is 2. The zero-order valence-corrected chi connectivity index (χ0v) is 17.0. The molecule has 0 saturated carbocycles. The van der Waals surface area contributed by atoms with Gasteiger partial charge in [-0.1, -0.05) is 60.7 Å². The van der Waals surface area contributed by atoms with E-state index in [0.29, 0.717) is 15.3 Å². The Kier molecular flexibility index (Phi) is 5.50. The van der Waals surface area contributed by atoms with Gasteiger partial charge in [-0.05, 0) is 34.5 Å². The summed E-state index contributed by atoms with van der Waals surface area (Å²) in [7, 11) is 1.30. The van der Waals surface area contributed by atoms with Crippen molar-refractivity contribution in [2.45, 2.75) is 6.04 Å². The summed E-state index contributed by atoms with van der Waals surface area (Å²) < 4.78 is 4.72. The highest BCUT2D eigenvalue weighted by Crippen LogP contribution is 2.36. The number of ether oxygens (including phenoxy) is 1. The fourth-order valence-electron chi connectivity index (χ4n) is 3.43. The van der Waals surface area contributed by atoms with Crippen LogP contribution in [-0.4, -0.2) is 24.1 Å². The topological polar surface area (TPSA) is 75.6 Å². The molecule has 5 nitrogen and oxygen atoms in total. The summed E-state index contributed by atoms with van der Waals surface area (Å²) in [5.41, 5.74) is 1.46. The molecule has 1 unspecified atom stereocenters. The third kappa shape index (κ3) is 3.77. The third-order valence-electron chi connectivity index (χ3n) is 4.86. The van der Waals surface area contributed by atoms with Crippen molar-refractivity contribution in [3.63, 3.8) is 0 Å². The second-order valence-corrected chi connectivity index (χ2v) is 7.78. The highest BCUT2D eigenvalue weighted by atomic mass is 32.1. The Balaban J connectivity index is 1.78. The minimum atomic E-state index is -0.575. The molecule has 2 N–H and O–H groups in total. The molecule has 1 aromatic heterocycles. The number of methoxy groups -OCH3 is 1. The Morgan fingerprint density at radius 1 is 0.900 bits per heavy atom. The van der Waals surface area contributed by atoms with Crippen molar-refractivity contribution in [3.05, 3.63) is 99.7 Å². The number of amides is 1. The molecule has 0 bridgehead atoms. The van der Waals surface area contributed by atoms with Crippen LogP contribution in [0.15, 0.2) is 78.9 Å². The zero-order valence-electron chi connectivity index (χ0n) is 16.2. The number of benzene rings is 3. The van der Waals surface area contributed by atoms with Gasteiger partial charge in [0.05, 0.1) is 18.0 Å². The lowest BCUT2D eigenvalue weighted by molar-refractivity contribution is 0.0606. The van der Waals surface area contributed by atoms with Crippen molar-refractivity contribution < 1.29 is 19.4 Å². The van der Waals surface area contributed by atoms with E-state index < -0.39 is 12.0 Å². The molecule has 1 heterocycles. The molecule has 3 aromatic carbocycles. The van der Waals surface area contributed by atoms with E-state index in [1.165, 1.54) is 7.11 Å². The number of esters is 1. The Labute approximate surface area is 177 Å². The molecule has 4 aromatic rings. The Bertz CT molecular complexity index is 1220. The molecule has 4 rings (SSSR count). The first-order chi connectivity index (χ1) is 14.6. The molecule has 30 heavy (non-hydrogen) atoms. The summed E-state index contributed by atoms with van der Waals surface area (Å²) in [5.74, 6) is -0.717. The molecule has 1 atom stereocenters. The molecule has 0 radical (unpaired) electrons. The lowest BCUT2D eigenvalue weighted by atomic mass is 9.92. The molecular weight excluding hydrogens is 398 g/mol. The van der Waals surface area contributed by atoms with Crippen LogP contribution >= 0.6 is 11.3 Å². The average molecular weight is 417 g/mol. The predicted molar refractivity (Wildman–Crippen MR) is 117 cm³/mol. The van der Waals surface area contributed by atoms with Gasteiger partial charge in [0, 0.05) is 5.56 Å². The molecule has 0 aliphatic rings. The Morgan fingerprint density at radius 3 is 2.37 bits per heavy atom. The summed E-state index contributed by atoms with van der Waals surface area (Å²) in [6.45, 7) is 0. The maximum atomic E-state index is 13.0. The van der Waals surface area contributed by atoms with Crippen LogP contribution in [0.3, 0.4) is 0 Å². The molecule has 0 saturated heterocycles. The number of fused-ring (bicyclic) bond motifs is 1. The van der Waals surface area contributed by atoms with Crippen molar-refractivity contribution >= 4 is 34.0 Å². The SMILES string of the molecule is COC(=O)c1ccc(C(=O)NC(c2ccccc2)c2c(O)ccc3ccccc23)s1. The molecular formula is C24H19NO4S. The largest absolute Gasteiger partial charge is 0.508 e. The number of hydrogen-bond acceptors (Lipinski definition) is 5. The number of nitrogens with one attached hydrogen (secondary N) is 1. The standard InChI is InChI=1S/C24H19NO4S/c1-29-24(28)20-14-13-19(30-20)23(27)25-22(16-8-3-2-4-9-16)21-17-10-6-5-7-15(17)11-12-18(21)26/h2-14,22,26H,1H3,(H,25,27). The molecule has 0 aliphatic carbocycles. The van der Waals surface area contributed by atoms with E-state index in [0.717, 1.165) is 27.7 Å². The van der Waals surface area contributed by atoms with Crippen LogP contribution in [-0.2, 0) is 4.74 Å². The maximum Gasteiger partial charge on any atom is 0.348 e. The molecule has 0 spiro atoms. The van der Waals surface area contributed by atoms with Gasteiger partial charge in [0.25, 0.3) is 5.91 Å². The number of hydrogen-bond donors (Lipinski definition) is 2. The minimum absolute atomic E-state index is 0.101. The van der Waals surface area contributed by atoms with E-state index in [2.05, 4.69) is 5.32 Å². The molecule has 0 aliphatic heterocycles. The average Bonchev–Trinajstić information content (AvgIpc) is 3.28. The number of aromatic hydroxyl groups is 1. The summed E-state index contributed by atoms with van der Waals surface area (Å²) in [4.78, 5) is 25.5. The second-order valence-electron chi connectivity index (χ2n) is 6.69. The van der Waals surface area contributed by atoms with Gasteiger partial charge in [0.2, 0.25) is 0 Å². The van der Waals surface area contributed by atoms with Crippen molar-refractivity contribution in [1.82, 2.24) is 5.32 Å². The van der Waals surface area contributed by atoms with E-state index in [9.17, 15) is 14.7 Å². The van der Waals surface area contributed by atoms with Gasteiger partial charge in [-0.2, -0.15) is 0 Å². The van der Waals surface area contributed by atoms with Crippen LogP contribution in [0.5, 0.6) is 5.75 Å². The summed E-state index contributed by atoms with van der Waals surface area (Å²) in [6.07, 6.45) is 0. The number of thiophene rings is 1. The van der Waals surface area contributed by atoms with E-state index in [4.69, 9.17) is 4.74 Å².